The monoisotopic (exact) mass is 277 g/mol. The Morgan fingerprint density at radius 1 is 1.42 bits per heavy atom. The lowest BCUT2D eigenvalue weighted by Crippen LogP contribution is -2.54. The Labute approximate surface area is 108 Å². The van der Waals surface area contributed by atoms with Crippen LogP contribution in [0.25, 0.3) is 0 Å². The largest absolute Gasteiger partial charge is 0.455 e. The molecule has 2 rings (SSSR count). The fourth-order valence-electron chi connectivity index (χ4n) is 2.20. The van der Waals surface area contributed by atoms with Gasteiger partial charge in [-0.2, -0.15) is 0 Å². The Bertz CT molecular complexity index is 384. The van der Waals surface area contributed by atoms with Gasteiger partial charge in [0.15, 0.2) is 11.9 Å². The lowest BCUT2D eigenvalue weighted by molar-refractivity contribution is -0.784. The molecular weight excluding hydrogens is 262 g/mol. The topological polar surface area (TPSA) is 106 Å². The van der Waals surface area contributed by atoms with Crippen molar-refractivity contribution in [2.45, 2.75) is 51.2 Å². The minimum absolute atomic E-state index is 0.0599. The van der Waals surface area contributed by atoms with Crippen molar-refractivity contribution in [1.29, 1.82) is 0 Å². The zero-order chi connectivity index (χ0) is 14.2. The number of ether oxygens (including phenoxy) is 4. The summed E-state index contributed by atoms with van der Waals surface area (Å²) in [5.74, 6) is -1.49. The van der Waals surface area contributed by atoms with Gasteiger partial charge in [0.1, 0.15) is 12.2 Å². The van der Waals surface area contributed by atoms with Gasteiger partial charge in [-0.1, -0.05) is 0 Å². The van der Waals surface area contributed by atoms with Crippen LogP contribution in [0.2, 0.25) is 0 Å². The first-order valence-corrected chi connectivity index (χ1v) is 5.74. The highest BCUT2D eigenvalue weighted by atomic mass is 17.0. The molecule has 2 aliphatic rings. The van der Waals surface area contributed by atoms with Crippen LogP contribution >= 0.6 is 0 Å². The van der Waals surface area contributed by atoms with Crippen LogP contribution in [0.15, 0.2) is 0 Å². The molecule has 9 nitrogen and oxygen atoms in total. The molecular formula is C10H15NO8. The molecule has 0 aromatic heterocycles. The van der Waals surface area contributed by atoms with E-state index >= 15 is 0 Å². The molecule has 0 N–H and O–H groups in total. The average molecular weight is 277 g/mol. The van der Waals surface area contributed by atoms with E-state index in [-0.39, 0.29) is 6.61 Å². The molecule has 19 heavy (non-hydrogen) atoms. The number of nitrogens with zero attached hydrogens (tertiary/aromatic N) is 1. The Morgan fingerprint density at radius 2 is 2.11 bits per heavy atom. The van der Waals surface area contributed by atoms with Crippen molar-refractivity contribution in [3.8, 4) is 0 Å². The second-order valence-electron chi connectivity index (χ2n) is 4.74. The van der Waals surface area contributed by atoms with Gasteiger partial charge < -0.3 is 18.9 Å². The number of carbonyl (C=O) groups is 1. The van der Waals surface area contributed by atoms with Crippen molar-refractivity contribution in [1.82, 2.24) is 0 Å². The van der Waals surface area contributed by atoms with Gasteiger partial charge in [-0.05, 0) is 13.8 Å². The summed E-state index contributed by atoms with van der Waals surface area (Å²) < 4.78 is 21.3. The molecule has 0 aromatic rings. The summed E-state index contributed by atoms with van der Waals surface area (Å²) in [6.07, 6.45) is -3.51. The van der Waals surface area contributed by atoms with Gasteiger partial charge in [-0.25, -0.2) is 0 Å². The summed E-state index contributed by atoms with van der Waals surface area (Å²) in [6, 6.07) is 0. The van der Waals surface area contributed by atoms with Crippen molar-refractivity contribution in [2.75, 3.05) is 6.61 Å². The second-order valence-corrected chi connectivity index (χ2v) is 4.74. The maximum absolute atomic E-state index is 11.1. The molecule has 2 saturated heterocycles. The van der Waals surface area contributed by atoms with Crippen LogP contribution < -0.4 is 0 Å². The number of carbonyl (C=O) groups excluding carboxylic acids is 1. The molecule has 0 bridgehead atoms. The van der Waals surface area contributed by atoms with E-state index in [1.165, 1.54) is 6.92 Å². The van der Waals surface area contributed by atoms with E-state index in [0.29, 0.717) is 0 Å². The number of fused-ring (bicyclic) bond motifs is 1. The lowest BCUT2D eigenvalue weighted by atomic mass is 10.1. The molecule has 0 aromatic carbocycles. The van der Waals surface area contributed by atoms with Crippen LogP contribution in [0, 0.1) is 10.1 Å². The maximum atomic E-state index is 11.1. The summed E-state index contributed by atoms with van der Waals surface area (Å²) in [6.45, 7) is 4.64. The predicted molar refractivity (Wildman–Crippen MR) is 57.2 cm³/mol. The smallest absolute Gasteiger partial charge is 0.303 e. The van der Waals surface area contributed by atoms with E-state index < -0.39 is 41.4 Å². The number of esters is 1. The summed E-state index contributed by atoms with van der Waals surface area (Å²) >= 11 is 0. The zero-order valence-corrected chi connectivity index (χ0v) is 10.7. The first-order chi connectivity index (χ1) is 8.78. The van der Waals surface area contributed by atoms with Crippen molar-refractivity contribution in [3.63, 3.8) is 0 Å². The molecule has 0 aliphatic carbocycles. The first kappa shape index (κ1) is 14.0. The van der Waals surface area contributed by atoms with Crippen LogP contribution in [-0.2, 0) is 28.6 Å². The molecule has 1 unspecified atom stereocenters. The fraction of sp³-hybridized carbons (Fsp3) is 0.900. The highest BCUT2D eigenvalue weighted by molar-refractivity contribution is 5.66. The predicted octanol–water partition coefficient (Wildman–Crippen LogP) is 0.00280. The van der Waals surface area contributed by atoms with Crippen molar-refractivity contribution in [3.05, 3.63) is 10.1 Å². The number of hydrogen-bond acceptors (Lipinski definition) is 8. The lowest BCUT2D eigenvalue weighted by Gasteiger charge is -2.35. The van der Waals surface area contributed by atoms with Crippen LogP contribution in [0.5, 0.6) is 0 Å². The maximum Gasteiger partial charge on any atom is 0.303 e. The van der Waals surface area contributed by atoms with Gasteiger partial charge in [0.25, 0.3) is 5.09 Å². The summed E-state index contributed by atoms with van der Waals surface area (Å²) in [7, 11) is 0. The average Bonchev–Trinajstić information content (AvgIpc) is 2.55. The van der Waals surface area contributed by atoms with Crippen molar-refractivity contribution >= 4 is 5.97 Å². The van der Waals surface area contributed by atoms with Crippen LogP contribution in [0.4, 0.5) is 0 Å². The summed E-state index contributed by atoms with van der Waals surface area (Å²) in [5, 5.41) is 9.41. The molecule has 2 heterocycles. The molecule has 0 radical (unpaired) electrons. The molecule has 0 saturated carbocycles. The quantitative estimate of drug-likeness (QED) is 0.403. The van der Waals surface area contributed by atoms with E-state index in [1.54, 1.807) is 13.8 Å². The second kappa shape index (κ2) is 4.91. The van der Waals surface area contributed by atoms with E-state index in [9.17, 15) is 14.9 Å². The first-order valence-electron chi connectivity index (χ1n) is 5.74. The van der Waals surface area contributed by atoms with E-state index in [0.717, 1.165) is 0 Å². The Morgan fingerprint density at radius 3 is 2.68 bits per heavy atom. The summed E-state index contributed by atoms with van der Waals surface area (Å²) in [5.41, 5.74) is 0. The molecule has 0 amide bonds. The van der Waals surface area contributed by atoms with Gasteiger partial charge in [-0.3, -0.25) is 9.63 Å². The molecule has 0 spiro atoms. The van der Waals surface area contributed by atoms with Crippen LogP contribution in [0.3, 0.4) is 0 Å². The highest BCUT2D eigenvalue weighted by Gasteiger charge is 2.53. The number of rotatable bonds is 3. The zero-order valence-electron chi connectivity index (χ0n) is 10.7. The van der Waals surface area contributed by atoms with Gasteiger partial charge in [0.05, 0.1) is 6.61 Å². The Hall–Kier alpha value is -1.45. The normalized spacial score (nSPS) is 36.4. The van der Waals surface area contributed by atoms with Crippen molar-refractivity contribution < 1.29 is 33.7 Å². The minimum Gasteiger partial charge on any atom is -0.455 e. The highest BCUT2D eigenvalue weighted by Crippen LogP contribution is 2.35. The number of hydrogen-bond donors (Lipinski definition) is 0. The Balaban J connectivity index is 2.16. The third kappa shape index (κ3) is 3.11. The van der Waals surface area contributed by atoms with E-state index in [1.807, 2.05) is 0 Å². The third-order valence-electron chi connectivity index (χ3n) is 2.73. The standard InChI is InChI=1S/C10H15NO8/c1-5(12)16-8-7-6(17-10(2,3)18-7)4-15-9(8)19-11(13)14/h6-9H,4H2,1-3H3/t6-,7-,8+,9?/m0/s1. The molecule has 4 atom stereocenters. The Kier molecular flexibility index (Phi) is 3.61. The van der Waals surface area contributed by atoms with Gasteiger partial charge in [0.2, 0.25) is 6.29 Å². The van der Waals surface area contributed by atoms with Gasteiger partial charge in [-0.15, -0.1) is 10.1 Å². The third-order valence-corrected chi connectivity index (χ3v) is 2.73. The molecule has 9 heteroatoms. The van der Waals surface area contributed by atoms with E-state index in [4.69, 9.17) is 18.9 Å². The summed E-state index contributed by atoms with van der Waals surface area (Å²) in [4.78, 5) is 25.9. The fourth-order valence-corrected chi connectivity index (χ4v) is 2.20. The molecule has 2 aliphatic heterocycles. The van der Waals surface area contributed by atoms with Crippen LogP contribution in [0.1, 0.15) is 20.8 Å². The van der Waals surface area contributed by atoms with Gasteiger partial charge >= 0.3 is 5.97 Å². The van der Waals surface area contributed by atoms with E-state index in [2.05, 4.69) is 4.84 Å². The molecule has 108 valence electrons. The minimum atomic E-state index is -1.32. The van der Waals surface area contributed by atoms with Crippen molar-refractivity contribution in [2.24, 2.45) is 0 Å². The van der Waals surface area contributed by atoms with Gasteiger partial charge in [0, 0.05) is 6.92 Å². The van der Waals surface area contributed by atoms with Crippen LogP contribution in [-0.4, -0.2) is 48.1 Å². The SMILES string of the molecule is CC(=O)O[C@H]1C(O[N+](=O)[O-])OC[C@@H]2OC(C)(C)O[C@@H]21. The molecule has 2 fully saturated rings.